The van der Waals surface area contributed by atoms with Gasteiger partial charge in [0.05, 0.1) is 0 Å². The Labute approximate surface area is 80.7 Å². The van der Waals surface area contributed by atoms with Crippen molar-refractivity contribution in [1.29, 1.82) is 0 Å². The van der Waals surface area contributed by atoms with E-state index in [1.807, 2.05) is 0 Å². The molecule has 1 fully saturated rings. The maximum Gasteiger partial charge on any atom is 0.158 e. The third kappa shape index (κ3) is 3.90. The predicted molar refractivity (Wildman–Crippen MR) is 52.6 cm³/mol. The van der Waals surface area contributed by atoms with Gasteiger partial charge in [0.1, 0.15) is 6.61 Å². The van der Waals surface area contributed by atoms with Crippen molar-refractivity contribution in [1.82, 2.24) is 0 Å². The fourth-order valence-electron chi connectivity index (χ4n) is 2.29. The smallest absolute Gasteiger partial charge is 0.158 e. The minimum atomic E-state index is 0.265. The first-order valence-electron chi connectivity index (χ1n) is 5.23. The lowest BCUT2D eigenvalue weighted by Gasteiger charge is -2.25. The Bertz CT molecular complexity index is 165. The summed E-state index contributed by atoms with van der Waals surface area (Å²) in [5, 5.41) is 0. The molecule has 0 saturated heterocycles. The molecule has 1 rings (SSSR count). The average molecular weight is 184 g/mol. The highest BCUT2D eigenvalue weighted by molar-refractivity contribution is 5.79. The molecule has 1 saturated carbocycles. The van der Waals surface area contributed by atoms with Gasteiger partial charge in [-0.3, -0.25) is 4.79 Å². The molecule has 0 radical (unpaired) electrons. The Kier molecular flexibility index (Phi) is 4.43. The SMILES string of the molecule is COCC(=O)CC1CCCC(C)C1. The zero-order chi connectivity index (χ0) is 9.68. The summed E-state index contributed by atoms with van der Waals surface area (Å²) in [5.74, 6) is 1.71. The highest BCUT2D eigenvalue weighted by atomic mass is 16.5. The van der Waals surface area contributed by atoms with E-state index in [1.165, 1.54) is 25.7 Å². The van der Waals surface area contributed by atoms with Crippen molar-refractivity contribution >= 4 is 5.78 Å². The van der Waals surface area contributed by atoms with Gasteiger partial charge in [-0.25, -0.2) is 0 Å². The highest BCUT2D eigenvalue weighted by Gasteiger charge is 2.20. The van der Waals surface area contributed by atoms with Gasteiger partial charge in [-0.05, 0) is 18.3 Å². The summed E-state index contributed by atoms with van der Waals surface area (Å²) in [4.78, 5) is 11.3. The summed E-state index contributed by atoms with van der Waals surface area (Å²) >= 11 is 0. The van der Waals surface area contributed by atoms with Crippen LogP contribution in [0.5, 0.6) is 0 Å². The number of carbonyl (C=O) groups is 1. The van der Waals surface area contributed by atoms with Crippen molar-refractivity contribution in [2.75, 3.05) is 13.7 Å². The standard InChI is InChI=1S/C11H20O2/c1-9-4-3-5-10(6-9)7-11(12)8-13-2/h9-10H,3-8H2,1-2H3. The summed E-state index contributed by atoms with van der Waals surface area (Å²) in [7, 11) is 1.58. The zero-order valence-corrected chi connectivity index (χ0v) is 8.71. The zero-order valence-electron chi connectivity index (χ0n) is 8.71. The molecule has 0 aromatic heterocycles. The van der Waals surface area contributed by atoms with Crippen LogP contribution in [0.1, 0.15) is 39.0 Å². The van der Waals surface area contributed by atoms with Crippen molar-refractivity contribution in [2.45, 2.75) is 39.0 Å². The third-order valence-electron chi connectivity index (χ3n) is 2.87. The molecule has 0 amide bonds. The van der Waals surface area contributed by atoms with E-state index in [-0.39, 0.29) is 5.78 Å². The molecular weight excluding hydrogens is 164 g/mol. The Morgan fingerprint density at radius 2 is 2.23 bits per heavy atom. The molecule has 1 aliphatic rings. The van der Waals surface area contributed by atoms with Gasteiger partial charge in [0.15, 0.2) is 5.78 Å². The molecule has 2 heteroatoms. The Morgan fingerprint density at radius 3 is 2.85 bits per heavy atom. The predicted octanol–water partition coefficient (Wildman–Crippen LogP) is 2.42. The van der Waals surface area contributed by atoms with Crippen LogP contribution in [0.4, 0.5) is 0 Å². The number of Topliss-reactive ketones (excluding diaryl/α,β-unsaturated/α-hetero) is 1. The minimum Gasteiger partial charge on any atom is -0.377 e. The second-order valence-electron chi connectivity index (χ2n) is 4.31. The van der Waals surface area contributed by atoms with E-state index < -0.39 is 0 Å². The molecule has 0 heterocycles. The first kappa shape index (κ1) is 10.7. The molecule has 2 nitrogen and oxygen atoms in total. The summed E-state index contributed by atoms with van der Waals surface area (Å²) in [6.45, 7) is 2.58. The van der Waals surface area contributed by atoms with E-state index >= 15 is 0 Å². The lowest BCUT2D eigenvalue weighted by molar-refractivity contribution is -0.123. The molecular formula is C11H20O2. The van der Waals surface area contributed by atoms with E-state index in [9.17, 15) is 4.79 Å². The number of hydrogen-bond donors (Lipinski definition) is 0. The molecule has 0 N–H and O–H groups in total. The molecule has 13 heavy (non-hydrogen) atoms. The largest absolute Gasteiger partial charge is 0.377 e. The maximum absolute atomic E-state index is 11.3. The lowest BCUT2D eigenvalue weighted by atomic mass is 9.80. The van der Waals surface area contributed by atoms with Crippen LogP contribution >= 0.6 is 0 Å². The number of carbonyl (C=O) groups excluding carboxylic acids is 1. The Hall–Kier alpha value is -0.370. The third-order valence-corrected chi connectivity index (χ3v) is 2.87. The fourth-order valence-corrected chi connectivity index (χ4v) is 2.29. The number of ketones is 1. The number of methoxy groups -OCH3 is 1. The van der Waals surface area contributed by atoms with Crippen molar-refractivity contribution < 1.29 is 9.53 Å². The first-order chi connectivity index (χ1) is 6.22. The number of ether oxygens (including phenoxy) is 1. The number of rotatable bonds is 4. The molecule has 76 valence electrons. The molecule has 2 unspecified atom stereocenters. The van der Waals surface area contributed by atoms with E-state index in [0.29, 0.717) is 12.5 Å². The van der Waals surface area contributed by atoms with Crippen molar-refractivity contribution in [3.63, 3.8) is 0 Å². The summed E-state index contributed by atoms with van der Waals surface area (Å²) in [5.41, 5.74) is 0. The Morgan fingerprint density at radius 1 is 1.46 bits per heavy atom. The van der Waals surface area contributed by atoms with Crippen LogP contribution in [-0.2, 0) is 9.53 Å². The van der Waals surface area contributed by atoms with E-state index in [1.54, 1.807) is 7.11 Å². The van der Waals surface area contributed by atoms with Crippen LogP contribution in [0.25, 0.3) is 0 Å². The van der Waals surface area contributed by atoms with Gasteiger partial charge in [0.2, 0.25) is 0 Å². The molecule has 2 atom stereocenters. The second kappa shape index (κ2) is 5.38. The normalized spacial score (nSPS) is 28.8. The van der Waals surface area contributed by atoms with Crippen molar-refractivity contribution in [3.8, 4) is 0 Å². The maximum atomic E-state index is 11.3. The Balaban J connectivity index is 2.23. The van der Waals surface area contributed by atoms with Crippen LogP contribution in [-0.4, -0.2) is 19.5 Å². The van der Waals surface area contributed by atoms with Crippen LogP contribution < -0.4 is 0 Å². The van der Waals surface area contributed by atoms with E-state index in [2.05, 4.69) is 6.92 Å². The van der Waals surface area contributed by atoms with E-state index in [0.717, 1.165) is 12.3 Å². The van der Waals surface area contributed by atoms with Gasteiger partial charge in [0.25, 0.3) is 0 Å². The quantitative estimate of drug-likeness (QED) is 0.670. The molecule has 0 spiro atoms. The summed E-state index contributed by atoms with van der Waals surface area (Å²) in [6, 6.07) is 0. The average Bonchev–Trinajstić information content (AvgIpc) is 2.04. The van der Waals surface area contributed by atoms with Gasteiger partial charge >= 0.3 is 0 Å². The van der Waals surface area contributed by atoms with Crippen LogP contribution in [0, 0.1) is 11.8 Å². The monoisotopic (exact) mass is 184 g/mol. The summed E-state index contributed by atoms with van der Waals surface area (Å²) < 4.78 is 4.82. The van der Waals surface area contributed by atoms with E-state index in [4.69, 9.17) is 4.74 Å². The molecule has 1 aliphatic carbocycles. The minimum absolute atomic E-state index is 0.265. The van der Waals surface area contributed by atoms with Crippen LogP contribution in [0.3, 0.4) is 0 Å². The fraction of sp³-hybridized carbons (Fsp3) is 0.909. The van der Waals surface area contributed by atoms with Gasteiger partial charge in [-0.15, -0.1) is 0 Å². The topological polar surface area (TPSA) is 26.3 Å². The lowest BCUT2D eigenvalue weighted by Crippen LogP contribution is -2.18. The number of hydrogen-bond acceptors (Lipinski definition) is 2. The second-order valence-corrected chi connectivity index (χ2v) is 4.31. The van der Waals surface area contributed by atoms with Gasteiger partial charge < -0.3 is 4.74 Å². The summed E-state index contributed by atoms with van der Waals surface area (Å²) in [6.07, 6.45) is 5.84. The highest BCUT2D eigenvalue weighted by Crippen LogP contribution is 2.30. The van der Waals surface area contributed by atoms with Crippen LogP contribution in [0.15, 0.2) is 0 Å². The molecule has 0 bridgehead atoms. The van der Waals surface area contributed by atoms with Crippen molar-refractivity contribution in [2.24, 2.45) is 11.8 Å². The van der Waals surface area contributed by atoms with Gasteiger partial charge in [-0.1, -0.05) is 26.2 Å². The molecule has 0 aromatic carbocycles. The molecule has 0 aliphatic heterocycles. The van der Waals surface area contributed by atoms with Gasteiger partial charge in [0, 0.05) is 13.5 Å². The van der Waals surface area contributed by atoms with Gasteiger partial charge in [-0.2, -0.15) is 0 Å². The van der Waals surface area contributed by atoms with Crippen molar-refractivity contribution in [3.05, 3.63) is 0 Å². The van der Waals surface area contributed by atoms with Crippen LogP contribution in [0.2, 0.25) is 0 Å². The molecule has 0 aromatic rings. The first-order valence-corrected chi connectivity index (χ1v) is 5.23.